The first-order valence-electron chi connectivity index (χ1n) is 2.61. The second-order valence-corrected chi connectivity index (χ2v) is 2.06. The topological polar surface area (TPSA) is 72.0 Å². The van der Waals surface area contributed by atoms with E-state index in [1.54, 1.807) is 0 Å². The van der Waals surface area contributed by atoms with Gasteiger partial charge in [0.05, 0.1) is 12.3 Å². The Morgan fingerprint density at radius 3 is 2.80 bits per heavy atom. The largest absolute Gasteiger partial charge is 0.390 e. The molecule has 3 N–H and O–H groups in total. The van der Waals surface area contributed by atoms with Gasteiger partial charge in [-0.15, -0.1) is 0 Å². The van der Waals surface area contributed by atoms with E-state index in [4.69, 9.17) is 22.4 Å². The van der Waals surface area contributed by atoms with Crippen molar-refractivity contribution < 1.29 is 5.11 Å². The molecule has 1 rings (SSSR count). The lowest BCUT2D eigenvalue weighted by atomic mass is 10.4. The van der Waals surface area contributed by atoms with Crippen molar-refractivity contribution in [2.75, 3.05) is 5.73 Å². The smallest absolute Gasteiger partial charge is 0.146 e. The quantitative estimate of drug-likeness (QED) is 0.614. The molecule has 5 heteroatoms. The van der Waals surface area contributed by atoms with E-state index < -0.39 is 0 Å². The van der Waals surface area contributed by atoms with Crippen LogP contribution in [0.2, 0.25) is 5.02 Å². The molecule has 0 aromatic carbocycles. The van der Waals surface area contributed by atoms with Gasteiger partial charge in [0.2, 0.25) is 0 Å². The summed E-state index contributed by atoms with van der Waals surface area (Å²) in [4.78, 5) is 7.30. The Hall–Kier alpha value is -0.870. The average Bonchev–Trinajstić information content (AvgIpc) is 1.95. The van der Waals surface area contributed by atoms with E-state index in [-0.39, 0.29) is 17.4 Å². The molecule has 4 nitrogen and oxygen atoms in total. The highest BCUT2D eigenvalue weighted by atomic mass is 35.5. The fourth-order valence-corrected chi connectivity index (χ4v) is 0.690. The number of nitrogens with two attached hydrogens (primary N) is 1. The first kappa shape index (κ1) is 7.24. The van der Waals surface area contributed by atoms with Crippen LogP contribution in [0, 0.1) is 0 Å². The molecule has 0 bridgehead atoms. The fraction of sp³-hybridized carbons (Fsp3) is 0.200. The summed E-state index contributed by atoms with van der Waals surface area (Å²) >= 11 is 5.58. The van der Waals surface area contributed by atoms with Crippen molar-refractivity contribution in [1.82, 2.24) is 9.97 Å². The number of halogens is 1. The van der Waals surface area contributed by atoms with E-state index in [1.807, 2.05) is 0 Å². The van der Waals surface area contributed by atoms with Crippen LogP contribution in [0.3, 0.4) is 0 Å². The third-order valence-electron chi connectivity index (χ3n) is 1.04. The molecular weight excluding hydrogens is 154 g/mol. The van der Waals surface area contributed by atoms with Crippen LogP contribution in [0.1, 0.15) is 5.69 Å². The van der Waals surface area contributed by atoms with Crippen LogP contribution in [0.4, 0.5) is 5.82 Å². The van der Waals surface area contributed by atoms with E-state index in [1.165, 1.54) is 6.33 Å². The molecule has 10 heavy (non-hydrogen) atoms. The van der Waals surface area contributed by atoms with Gasteiger partial charge in [-0.25, -0.2) is 9.97 Å². The monoisotopic (exact) mass is 159 g/mol. The summed E-state index contributed by atoms with van der Waals surface area (Å²) < 4.78 is 0. The van der Waals surface area contributed by atoms with Crippen LogP contribution in [-0.2, 0) is 6.61 Å². The van der Waals surface area contributed by atoms with Crippen LogP contribution in [-0.4, -0.2) is 15.1 Å². The Morgan fingerprint density at radius 1 is 1.60 bits per heavy atom. The number of rotatable bonds is 1. The lowest BCUT2D eigenvalue weighted by molar-refractivity contribution is 0.277. The molecule has 1 aromatic heterocycles. The van der Waals surface area contributed by atoms with Crippen LogP contribution in [0.5, 0.6) is 0 Å². The summed E-state index contributed by atoms with van der Waals surface area (Å²) in [5.41, 5.74) is 5.66. The molecule has 0 amide bonds. The van der Waals surface area contributed by atoms with Crippen molar-refractivity contribution in [3.05, 3.63) is 17.0 Å². The van der Waals surface area contributed by atoms with Crippen LogP contribution < -0.4 is 5.73 Å². The highest BCUT2D eigenvalue weighted by Crippen LogP contribution is 2.17. The van der Waals surface area contributed by atoms with Gasteiger partial charge in [0, 0.05) is 0 Å². The Morgan fingerprint density at radius 2 is 2.30 bits per heavy atom. The third-order valence-corrected chi connectivity index (χ3v) is 1.45. The second kappa shape index (κ2) is 2.81. The first-order valence-corrected chi connectivity index (χ1v) is 2.99. The number of hydrogen-bond acceptors (Lipinski definition) is 4. The predicted octanol–water partition coefficient (Wildman–Crippen LogP) is 0.205. The number of aliphatic hydroxyl groups is 1. The zero-order valence-corrected chi connectivity index (χ0v) is 5.84. The Labute approximate surface area is 62.7 Å². The summed E-state index contributed by atoms with van der Waals surface area (Å²) in [5, 5.41) is 8.84. The van der Waals surface area contributed by atoms with Gasteiger partial charge >= 0.3 is 0 Å². The van der Waals surface area contributed by atoms with E-state index in [2.05, 4.69) is 9.97 Å². The van der Waals surface area contributed by atoms with Crippen molar-refractivity contribution in [3.63, 3.8) is 0 Å². The average molecular weight is 160 g/mol. The minimum Gasteiger partial charge on any atom is -0.390 e. The van der Waals surface area contributed by atoms with Gasteiger partial charge in [0.1, 0.15) is 17.2 Å². The Bertz CT molecular complexity index is 240. The lowest BCUT2D eigenvalue weighted by Gasteiger charge is -1.98. The summed E-state index contributed by atoms with van der Waals surface area (Å²) in [5.74, 6) is 0.195. The molecule has 1 heterocycles. The molecule has 0 aliphatic heterocycles. The van der Waals surface area contributed by atoms with Crippen molar-refractivity contribution >= 4 is 17.4 Å². The predicted molar refractivity (Wildman–Crippen MR) is 37.4 cm³/mol. The zero-order valence-electron chi connectivity index (χ0n) is 5.08. The highest BCUT2D eigenvalue weighted by Gasteiger charge is 2.03. The van der Waals surface area contributed by atoms with Gasteiger partial charge in [-0.1, -0.05) is 11.6 Å². The summed E-state index contributed by atoms with van der Waals surface area (Å²) in [6.07, 6.45) is 1.26. The maximum absolute atomic E-state index is 8.61. The highest BCUT2D eigenvalue weighted by molar-refractivity contribution is 6.33. The number of nitrogen functional groups attached to an aromatic ring is 1. The van der Waals surface area contributed by atoms with E-state index in [9.17, 15) is 0 Å². The Balaban J connectivity index is 3.14. The van der Waals surface area contributed by atoms with Crippen molar-refractivity contribution in [2.45, 2.75) is 6.61 Å². The van der Waals surface area contributed by atoms with Crippen LogP contribution in [0.15, 0.2) is 6.33 Å². The van der Waals surface area contributed by atoms with Gasteiger partial charge in [0.25, 0.3) is 0 Å². The summed E-state index contributed by atoms with van der Waals surface area (Å²) in [6, 6.07) is 0. The number of hydrogen-bond donors (Lipinski definition) is 2. The SMILES string of the molecule is Nc1ncnc(CO)c1Cl. The molecule has 0 aliphatic carbocycles. The van der Waals surface area contributed by atoms with E-state index >= 15 is 0 Å². The lowest BCUT2D eigenvalue weighted by Crippen LogP contribution is -1.97. The molecule has 1 aromatic rings. The maximum atomic E-state index is 8.61. The fourth-order valence-electron chi connectivity index (χ4n) is 0.532. The van der Waals surface area contributed by atoms with Gasteiger partial charge in [-0.3, -0.25) is 0 Å². The minimum absolute atomic E-state index is 0.195. The van der Waals surface area contributed by atoms with Gasteiger partial charge in [-0.05, 0) is 0 Å². The summed E-state index contributed by atoms with van der Waals surface area (Å²) in [7, 11) is 0. The minimum atomic E-state index is -0.217. The summed E-state index contributed by atoms with van der Waals surface area (Å²) in [6.45, 7) is -0.217. The Kier molecular flexibility index (Phi) is 2.03. The molecule has 0 saturated carbocycles. The van der Waals surface area contributed by atoms with Crippen molar-refractivity contribution in [3.8, 4) is 0 Å². The molecule has 0 unspecified atom stereocenters. The molecular formula is C5H6ClN3O. The number of nitrogens with zero attached hydrogens (tertiary/aromatic N) is 2. The van der Waals surface area contributed by atoms with E-state index in [0.717, 1.165) is 0 Å². The molecule has 0 fully saturated rings. The van der Waals surface area contributed by atoms with Gasteiger partial charge in [-0.2, -0.15) is 0 Å². The van der Waals surface area contributed by atoms with E-state index in [0.29, 0.717) is 5.69 Å². The van der Waals surface area contributed by atoms with Gasteiger partial charge < -0.3 is 10.8 Å². The van der Waals surface area contributed by atoms with Crippen molar-refractivity contribution in [2.24, 2.45) is 0 Å². The van der Waals surface area contributed by atoms with Crippen LogP contribution in [0.25, 0.3) is 0 Å². The molecule has 0 saturated heterocycles. The molecule has 0 atom stereocenters. The maximum Gasteiger partial charge on any atom is 0.146 e. The standard InChI is InChI=1S/C5H6ClN3O/c6-4-3(1-10)8-2-9-5(4)7/h2,10H,1H2,(H2,7,8,9). The normalized spacial score (nSPS) is 9.80. The molecule has 0 spiro atoms. The number of aromatic nitrogens is 2. The number of anilines is 1. The molecule has 54 valence electrons. The first-order chi connectivity index (χ1) is 4.75. The van der Waals surface area contributed by atoms with Crippen LogP contribution >= 0.6 is 11.6 Å². The second-order valence-electron chi connectivity index (χ2n) is 1.68. The van der Waals surface area contributed by atoms with Crippen molar-refractivity contribution in [1.29, 1.82) is 0 Å². The molecule has 0 aliphatic rings. The van der Waals surface area contributed by atoms with Gasteiger partial charge in [0.15, 0.2) is 0 Å². The third kappa shape index (κ3) is 1.17. The zero-order chi connectivity index (χ0) is 7.56. The molecule has 0 radical (unpaired) electrons. The number of aliphatic hydroxyl groups excluding tert-OH is 1.